The molecule has 3 rings (SSSR count). The molecule has 1 spiro atoms. The van der Waals surface area contributed by atoms with E-state index in [1.165, 1.54) is 12.1 Å². The Morgan fingerprint density at radius 1 is 1.33 bits per heavy atom. The number of aliphatic carboxylic acids is 1. The van der Waals surface area contributed by atoms with Crippen LogP contribution >= 0.6 is 11.6 Å². The van der Waals surface area contributed by atoms with E-state index in [0.29, 0.717) is 0 Å². The van der Waals surface area contributed by atoms with Gasteiger partial charge in [-0.3, -0.25) is 0 Å². The summed E-state index contributed by atoms with van der Waals surface area (Å²) in [5, 5.41) is 8.35. The van der Waals surface area contributed by atoms with Crippen LogP contribution in [-0.4, -0.2) is 42.7 Å². The Hall–Kier alpha value is -1.48. The fourth-order valence-corrected chi connectivity index (χ4v) is 5.69. The predicted molar refractivity (Wildman–Crippen MR) is 96.6 cm³/mol. The molecule has 1 saturated heterocycles. The number of benzene rings is 1. The van der Waals surface area contributed by atoms with Gasteiger partial charge in [0.15, 0.2) is 15.6 Å². The Morgan fingerprint density at radius 2 is 1.96 bits per heavy atom. The van der Waals surface area contributed by atoms with Crippen LogP contribution in [0.2, 0.25) is 5.02 Å². The van der Waals surface area contributed by atoms with Crippen LogP contribution < -0.4 is 0 Å². The number of sulfone groups is 1. The molecule has 0 saturated carbocycles. The summed E-state index contributed by atoms with van der Waals surface area (Å²) in [7, 11) is -3.91. The maximum Gasteiger partial charge on any atom is 0.332 e. The molecule has 1 aromatic carbocycles. The predicted octanol–water partition coefficient (Wildman–Crippen LogP) is 3.09. The SMILES string of the molecule is C[C@H]1OC2(C=C(C(=O)O)C(S(=O)(=O)Cc3ccc(F)cc3Cl)CC2)O[C@@H]1C. The van der Waals surface area contributed by atoms with E-state index in [1.54, 1.807) is 0 Å². The second-order valence-corrected chi connectivity index (χ2v) is 9.52. The molecule has 148 valence electrons. The minimum atomic E-state index is -3.91. The van der Waals surface area contributed by atoms with E-state index in [1.807, 2.05) is 13.8 Å². The Labute approximate surface area is 161 Å². The van der Waals surface area contributed by atoms with Crippen molar-refractivity contribution in [3.63, 3.8) is 0 Å². The molecular formula is C18H20ClFO6S. The van der Waals surface area contributed by atoms with Crippen LogP contribution in [0.1, 0.15) is 32.3 Å². The summed E-state index contributed by atoms with van der Waals surface area (Å²) >= 11 is 5.93. The second kappa shape index (κ2) is 7.16. The van der Waals surface area contributed by atoms with Gasteiger partial charge in [-0.05, 0) is 44.0 Å². The largest absolute Gasteiger partial charge is 0.478 e. The molecule has 0 amide bonds. The third-order valence-corrected chi connectivity index (χ3v) is 7.38. The third kappa shape index (κ3) is 4.03. The first-order valence-electron chi connectivity index (χ1n) is 8.50. The summed E-state index contributed by atoms with van der Waals surface area (Å²) in [5.41, 5.74) is -0.0560. The monoisotopic (exact) mass is 418 g/mol. The Bertz CT molecular complexity index is 887. The number of carboxylic acids is 1. The number of ether oxygens (including phenoxy) is 2. The van der Waals surface area contributed by atoms with Gasteiger partial charge in [0.05, 0.1) is 28.8 Å². The summed E-state index contributed by atoms with van der Waals surface area (Å²) in [5.74, 6) is -3.62. The lowest BCUT2D eigenvalue weighted by molar-refractivity contribution is -0.147. The molecule has 0 aromatic heterocycles. The van der Waals surface area contributed by atoms with Crippen molar-refractivity contribution in [3.05, 3.63) is 46.3 Å². The Kier molecular flexibility index (Phi) is 5.37. The topological polar surface area (TPSA) is 89.9 Å². The standard InChI is InChI=1S/C18H20ClFO6S/c1-10-11(2)26-18(25-10)6-5-16(14(8-18)17(21)22)27(23,24)9-12-3-4-13(20)7-15(12)19/h3-4,7-8,10-11,16H,5-6,9H2,1-2H3,(H,21,22)/t10-,11-,16?/m1/s1. The molecule has 0 bridgehead atoms. The van der Waals surface area contributed by atoms with Gasteiger partial charge in [0.25, 0.3) is 0 Å². The molecule has 1 aliphatic heterocycles. The lowest BCUT2D eigenvalue weighted by Crippen LogP contribution is -2.40. The average Bonchev–Trinajstić information content (AvgIpc) is 2.83. The van der Waals surface area contributed by atoms with Crippen LogP contribution in [-0.2, 0) is 29.9 Å². The van der Waals surface area contributed by atoms with E-state index < -0.39 is 38.4 Å². The number of halogens is 2. The zero-order valence-electron chi connectivity index (χ0n) is 14.8. The first-order chi connectivity index (χ1) is 12.5. The molecule has 6 nitrogen and oxygen atoms in total. The van der Waals surface area contributed by atoms with Gasteiger partial charge in [-0.15, -0.1) is 0 Å². The quantitative estimate of drug-likeness (QED) is 0.808. The van der Waals surface area contributed by atoms with E-state index >= 15 is 0 Å². The highest BCUT2D eigenvalue weighted by atomic mass is 35.5. The van der Waals surface area contributed by atoms with Crippen LogP contribution in [0, 0.1) is 5.82 Å². The van der Waals surface area contributed by atoms with Crippen molar-refractivity contribution >= 4 is 27.4 Å². The molecule has 1 fully saturated rings. The molecule has 2 aliphatic rings. The van der Waals surface area contributed by atoms with Gasteiger partial charge >= 0.3 is 5.97 Å². The van der Waals surface area contributed by atoms with Crippen LogP contribution in [0.4, 0.5) is 4.39 Å². The summed E-state index contributed by atoms with van der Waals surface area (Å²) < 4.78 is 50.5. The molecule has 1 heterocycles. The van der Waals surface area contributed by atoms with E-state index in [-0.39, 0.29) is 41.2 Å². The smallest absolute Gasteiger partial charge is 0.332 e. The molecule has 1 unspecified atom stereocenters. The summed E-state index contributed by atoms with van der Waals surface area (Å²) in [6.45, 7) is 3.63. The van der Waals surface area contributed by atoms with Gasteiger partial charge in [0.2, 0.25) is 0 Å². The zero-order valence-corrected chi connectivity index (χ0v) is 16.4. The van der Waals surface area contributed by atoms with Crippen LogP contribution in [0.3, 0.4) is 0 Å². The van der Waals surface area contributed by atoms with E-state index in [2.05, 4.69) is 0 Å². The maximum absolute atomic E-state index is 13.2. The van der Waals surface area contributed by atoms with Crippen LogP contribution in [0.15, 0.2) is 29.8 Å². The van der Waals surface area contributed by atoms with Crippen molar-refractivity contribution in [2.75, 3.05) is 0 Å². The highest BCUT2D eigenvalue weighted by molar-refractivity contribution is 7.91. The number of carboxylic acid groups (broad SMARTS) is 1. The van der Waals surface area contributed by atoms with E-state index in [4.69, 9.17) is 21.1 Å². The first kappa shape index (κ1) is 20.3. The Balaban J connectivity index is 1.92. The van der Waals surface area contributed by atoms with Gasteiger partial charge in [0.1, 0.15) is 5.82 Å². The molecule has 1 N–H and O–H groups in total. The van der Waals surface area contributed by atoms with Crippen molar-refractivity contribution in [1.29, 1.82) is 0 Å². The minimum Gasteiger partial charge on any atom is -0.478 e. The van der Waals surface area contributed by atoms with Gasteiger partial charge in [-0.25, -0.2) is 17.6 Å². The number of hydrogen-bond acceptors (Lipinski definition) is 5. The summed E-state index contributed by atoms with van der Waals surface area (Å²) in [6.07, 6.45) is 1.07. The van der Waals surface area contributed by atoms with Gasteiger partial charge in [-0.2, -0.15) is 0 Å². The van der Waals surface area contributed by atoms with E-state index in [9.17, 15) is 22.7 Å². The number of hydrogen-bond donors (Lipinski definition) is 1. The normalized spacial score (nSPS) is 27.6. The Morgan fingerprint density at radius 3 is 2.52 bits per heavy atom. The molecule has 9 heteroatoms. The highest BCUT2D eigenvalue weighted by Crippen LogP contribution is 2.41. The first-order valence-corrected chi connectivity index (χ1v) is 10.6. The fourth-order valence-electron chi connectivity index (χ4n) is 3.45. The van der Waals surface area contributed by atoms with Crippen molar-refractivity contribution in [2.45, 2.75) is 55.7 Å². The minimum absolute atomic E-state index is 0.0168. The van der Waals surface area contributed by atoms with Crippen LogP contribution in [0.5, 0.6) is 0 Å². The summed E-state index contributed by atoms with van der Waals surface area (Å²) in [4.78, 5) is 11.8. The molecule has 1 aromatic rings. The lowest BCUT2D eigenvalue weighted by atomic mass is 9.94. The van der Waals surface area contributed by atoms with Crippen molar-refractivity contribution in [2.24, 2.45) is 0 Å². The lowest BCUT2D eigenvalue weighted by Gasteiger charge is -2.33. The second-order valence-electron chi connectivity index (χ2n) is 6.93. The number of carbonyl (C=O) groups is 1. The third-order valence-electron chi connectivity index (χ3n) is 4.96. The number of rotatable bonds is 4. The van der Waals surface area contributed by atoms with Crippen molar-refractivity contribution in [3.8, 4) is 0 Å². The van der Waals surface area contributed by atoms with Gasteiger partial charge in [0, 0.05) is 11.4 Å². The average molecular weight is 419 g/mol. The molecular weight excluding hydrogens is 399 g/mol. The van der Waals surface area contributed by atoms with E-state index in [0.717, 1.165) is 12.1 Å². The molecule has 1 aliphatic carbocycles. The van der Waals surface area contributed by atoms with Gasteiger partial charge in [-0.1, -0.05) is 17.7 Å². The summed E-state index contributed by atoms with van der Waals surface area (Å²) in [6, 6.07) is 3.43. The maximum atomic E-state index is 13.2. The molecule has 27 heavy (non-hydrogen) atoms. The van der Waals surface area contributed by atoms with Gasteiger partial charge < -0.3 is 14.6 Å². The molecule has 0 radical (unpaired) electrons. The molecule has 3 atom stereocenters. The van der Waals surface area contributed by atoms with Crippen molar-refractivity contribution in [1.82, 2.24) is 0 Å². The van der Waals surface area contributed by atoms with Crippen molar-refractivity contribution < 1.29 is 32.2 Å². The zero-order chi connectivity index (χ0) is 20.0. The fraction of sp³-hybridized carbons (Fsp3) is 0.500. The van der Waals surface area contributed by atoms with Crippen LogP contribution in [0.25, 0.3) is 0 Å². The highest BCUT2D eigenvalue weighted by Gasteiger charge is 2.49.